The molecule has 0 bridgehead atoms. The van der Waals surface area contributed by atoms with Gasteiger partial charge < -0.3 is 73.7 Å². The molecular weight excluding hydrogens is 584 g/mol. The molecule has 2 aliphatic rings. The lowest BCUT2D eigenvalue weighted by Gasteiger charge is -2.42. The predicted octanol–water partition coefficient (Wildman–Crippen LogP) is -2.36. The van der Waals surface area contributed by atoms with E-state index in [4.69, 9.17) is 27.8 Å². The van der Waals surface area contributed by atoms with Gasteiger partial charge in [-0.1, -0.05) is 0 Å². The maximum absolute atomic E-state index is 12.8. The van der Waals surface area contributed by atoms with E-state index in [2.05, 4.69) is 0 Å². The molecule has 43 heavy (non-hydrogen) atoms. The lowest BCUT2D eigenvalue weighted by Crippen LogP contribution is -2.61. The number of hydrogen-bond acceptors (Lipinski definition) is 17. The minimum absolute atomic E-state index is 0.152. The largest absolute Gasteiger partial charge is 0.504 e. The van der Waals surface area contributed by atoms with E-state index in [-0.39, 0.29) is 21.5 Å². The minimum atomic E-state index is -1.96. The summed E-state index contributed by atoms with van der Waals surface area (Å²) in [5.74, 6) is -3.05. The van der Waals surface area contributed by atoms with Gasteiger partial charge in [0, 0.05) is 10.8 Å². The van der Waals surface area contributed by atoms with Crippen molar-refractivity contribution in [2.45, 2.75) is 68.3 Å². The highest BCUT2D eigenvalue weighted by atomic mass is 16.7. The van der Waals surface area contributed by atoms with Crippen LogP contribution in [-0.4, -0.2) is 114 Å². The molecule has 0 saturated carbocycles. The van der Waals surface area contributed by atoms with Crippen LogP contribution in [0.3, 0.4) is 0 Å². The Morgan fingerprint density at radius 1 is 0.698 bits per heavy atom. The maximum Gasteiger partial charge on any atom is 0.344 e. The maximum atomic E-state index is 12.8. The molecule has 0 amide bonds. The van der Waals surface area contributed by atoms with Crippen LogP contribution in [0.25, 0.3) is 32.7 Å². The number of aromatic hydroxyl groups is 3. The molecule has 10 atom stereocenters. The third kappa shape index (κ3) is 4.53. The number of phenolic OH excluding ortho intramolecular Hbond substituents is 3. The fraction of sp³-hybridized carbons (Fsp3) is 0.462. The van der Waals surface area contributed by atoms with Gasteiger partial charge in [0.1, 0.15) is 42.7 Å². The highest BCUT2D eigenvalue weighted by Crippen LogP contribution is 2.45. The molecule has 4 aromatic rings. The van der Waals surface area contributed by atoms with Crippen LogP contribution >= 0.6 is 0 Å². The Balaban J connectivity index is 1.35. The van der Waals surface area contributed by atoms with E-state index >= 15 is 0 Å². The quantitative estimate of drug-likeness (QED) is 0.0649. The standard InChI is InChI=1S/C26H26O17/c1-5-13(29)16(32)18(34)25(39-5)38-4-10-15(31)17(33)19(35)26(40-10)43-20-9(28)3-7-12-11-6(24(37)42-22(12)20)2-8(27)14(30)21(11)41-23(7)36/h2-3,5,10,13,15-19,25-35H,4H2,1H3/t5-,10+,13-,15+,16+,17-,18+,19+,25+,26-/m0/s1. The van der Waals surface area contributed by atoms with E-state index in [1.807, 2.05) is 0 Å². The number of hydrogen-bond donors (Lipinski definition) is 9. The first-order valence-electron chi connectivity index (χ1n) is 12.9. The van der Waals surface area contributed by atoms with Gasteiger partial charge in [0.05, 0.1) is 23.5 Å². The lowest BCUT2D eigenvalue weighted by molar-refractivity contribution is -0.318. The van der Waals surface area contributed by atoms with Crippen LogP contribution in [0.4, 0.5) is 0 Å². The molecule has 232 valence electrons. The number of aliphatic hydroxyl groups is 6. The SMILES string of the molecule is C[C@@H]1O[C@@H](OC[C@H]2O[C@@H](Oc3c(O)cc4c(=O)oc5c(O)c(O)cc6c(=O)oc3c4c56)[C@H](O)[C@@H](O)[C@@H]2O)[C@H](O)[C@H](O)[C@H]1O. The van der Waals surface area contributed by atoms with Crippen LogP contribution in [0.15, 0.2) is 30.6 Å². The van der Waals surface area contributed by atoms with E-state index in [9.17, 15) is 55.5 Å². The fourth-order valence-corrected chi connectivity index (χ4v) is 5.29. The summed E-state index contributed by atoms with van der Waals surface area (Å²) in [6.07, 6.45) is -16.1. The Labute approximate surface area is 237 Å². The zero-order valence-electron chi connectivity index (χ0n) is 21.9. The zero-order valence-corrected chi connectivity index (χ0v) is 21.9. The van der Waals surface area contributed by atoms with Crippen molar-refractivity contribution < 1.29 is 73.7 Å². The van der Waals surface area contributed by atoms with E-state index in [1.54, 1.807) is 0 Å². The fourth-order valence-electron chi connectivity index (χ4n) is 5.29. The van der Waals surface area contributed by atoms with Gasteiger partial charge in [0.2, 0.25) is 17.8 Å². The van der Waals surface area contributed by atoms with Gasteiger partial charge in [-0.25, -0.2) is 9.59 Å². The highest BCUT2D eigenvalue weighted by Gasteiger charge is 2.47. The molecule has 2 aromatic heterocycles. The van der Waals surface area contributed by atoms with Gasteiger partial charge in [0.25, 0.3) is 0 Å². The van der Waals surface area contributed by atoms with Crippen molar-refractivity contribution in [3.63, 3.8) is 0 Å². The third-order valence-electron chi connectivity index (χ3n) is 7.67. The molecule has 0 aliphatic carbocycles. The van der Waals surface area contributed by atoms with Crippen LogP contribution in [0, 0.1) is 0 Å². The van der Waals surface area contributed by atoms with E-state index in [0.717, 1.165) is 12.1 Å². The monoisotopic (exact) mass is 610 g/mol. The molecule has 6 rings (SSSR count). The predicted molar refractivity (Wildman–Crippen MR) is 138 cm³/mol. The first-order valence-corrected chi connectivity index (χ1v) is 12.9. The van der Waals surface area contributed by atoms with E-state index < -0.39 is 113 Å². The molecule has 2 aliphatic heterocycles. The molecule has 2 aromatic carbocycles. The molecule has 9 N–H and O–H groups in total. The van der Waals surface area contributed by atoms with Crippen molar-refractivity contribution in [1.29, 1.82) is 0 Å². The van der Waals surface area contributed by atoms with Gasteiger partial charge >= 0.3 is 11.3 Å². The van der Waals surface area contributed by atoms with Crippen molar-refractivity contribution in [1.82, 2.24) is 0 Å². The first kappa shape index (κ1) is 29.3. The zero-order chi connectivity index (χ0) is 31.1. The van der Waals surface area contributed by atoms with Crippen LogP contribution < -0.4 is 16.0 Å². The minimum Gasteiger partial charge on any atom is -0.504 e. The summed E-state index contributed by atoms with van der Waals surface area (Å²) in [6.45, 7) is 0.812. The Morgan fingerprint density at radius 2 is 1.26 bits per heavy atom. The van der Waals surface area contributed by atoms with Crippen LogP contribution in [-0.2, 0) is 14.2 Å². The molecule has 2 fully saturated rings. The second kappa shape index (κ2) is 10.4. The Kier molecular flexibility index (Phi) is 7.11. The normalized spacial score (nSPS) is 33.5. The Bertz CT molecular complexity index is 1800. The van der Waals surface area contributed by atoms with E-state index in [0.29, 0.717) is 0 Å². The van der Waals surface area contributed by atoms with Crippen LogP contribution in [0.1, 0.15) is 6.92 Å². The Hall–Kier alpha value is -3.78. The topological polar surface area (TPSA) is 279 Å². The molecule has 0 unspecified atom stereocenters. The van der Waals surface area contributed by atoms with Crippen molar-refractivity contribution in [2.75, 3.05) is 6.61 Å². The first-order chi connectivity index (χ1) is 20.3. The molecule has 0 radical (unpaired) electrons. The molecule has 17 heteroatoms. The van der Waals surface area contributed by atoms with E-state index in [1.165, 1.54) is 6.92 Å². The summed E-state index contributed by atoms with van der Waals surface area (Å²) in [6, 6.07) is 1.79. The summed E-state index contributed by atoms with van der Waals surface area (Å²) < 4.78 is 32.4. The van der Waals surface area contributed by atoms with Crippen LogP contribution in [0.2, 0.25) is 0 Å². The number of ether oxygens (including phenoxy) is 4. The second-order valence-electron chi connectivity index (χ2n) is 10.4. The molecular formula is C26H26O17. The lowest BCUT2D eigenvalue weighted by atomic mass is 9.98. The van der Waals surface area contributed by atoms with Crippen molar-refractivity contribution in [3.05, 3.63) is 33.0 Å². The summed E-state index contributed by atoms with van der Waals surface area (Å²) >= 11 is 0. The summed E-state index contributed by atoms with van der Waals surface area (Å²) in [7, 11) is 0. The second-order valence-corrected chi connectivity index (χ2v) is 10.4. The van der Waals surface area contributed by atoms with Gasteiger partial charge in [0.15, 0.2) is 29.0 Å². The molecule has 17 nitrogen and oxygen atoms in total. The molecule has 2 saturated heterocycles. The van der Waals surface area contributed by atoms with Crippen molar-refractivity contribution in [2.24, 2.45) is 0 Å². The Morgan fingerprint density at radius 3 is 1.93 bits per heavy atom. The molecule has 4 heterocycles. The summed E-state index contributed by atoms with van der Waals surface area (Å²) in [4.78, 5) is 25.5. The number of aliphatic hydroxyl groups excluding tert-OH is 6. The number of rotatable bonds is 5. The van der Waals surface area contributed by atoms with Crippen molar-refractivity contribution in [3.8, 4) is 23.0 Å². The summed E-state index contributed by atoms with van der Waals surface area (Å²) in [5.41, 5.74) is -3.28. The van der Waals surface area contributed by atoms with Crippen LogP contribution in [0.5, 0.6) is 23.0 Å². The number of phenols is 3. The molecule has 0 spiro atoms. The third-order valence-corrected chi connectivity index (χ3v) is 7.67. The van der Waals surface area contributed by atoms with Crippen molar-refractivity contribution >= 4 is 32.7 Å². The number of benzene rings is 2. The smallest absolute Gasteiger partial charge is 0.344 e. The van der Waals surface area contributed by atoms with Gasteiger partial charge in [-0.05, 0) is 19.1 Å². The highest BCUT2D eigenvalue weighted by molar-refractivity contribution is 6.22. The average molecular weight is 610 g/mol. The average Bonchev–Trinajstić information content (AvgIpc) is 2.97. The van der Waals surface area contributed by atoms with Gasteiger partial charge in [-0.3, -0.25) is 0 Å². The summed E-state index contributed by atoms with van der Waals surface area (Å²) in [5, 5.41) is 91.8. The van der Waals surface area contributed by atoms with Gasteiger partial charge in [-0.2, -0.15) is 0 Å². The van der Waals surface area contributed by atoms with Gasteiger partial charge in [-0.15, -0.1) is 0 Å².